The van der Waals surface area contributed by atoms with Gasteiger partial charge in [0.1, 0.15) is 5.75 Å². The maximum absolute atomic E-state index is 12.4. The minimum Gasteiger partial charge on any atom is -0.492 e. The molecular weight excluding hydrogens is 356 g/mol. The Morgan fingerprint density at radius 2 is 1.95 bits per heavy atom. The van der Waals surface area contributed by atoms with Crippen LogP contribution in [0.3, 0.4) is 0 Å². The molecule has 2 aromatic carbocycles. The SMILES string of the molecule is CCOc1ccccc1NS(=O)(=O)c1ccc(Br)c(N)c1. The lowest BCUT2D eigenvalue weighted by atomic mass is 10.3. The summed E-state index contributed by atoms with van der Waals surface area (Å²) in [5.41, 5.74) is 6.47. The smallest absolute Gasteiger partial charge is 0.262 e. The van der Waals surface area contributed by atoms with Gasteiger partial charge in [0.25, 0.3) is 10.0 Å². The summed E-state index contributed by atoms with van der Waals surface area (Å²) in [6, 6.07) is 11.3. The van der Waals surface area contributed by atoms with Crippen LogP contribution in [-0.4, -0.2) is 15.0 Å². The summed E-state index contributed by atoms with van der Waals surface area (Å²) in [5.74, 6) is 0.480. The number of nitrogens with two attached hydrogens (primary N) is 1. The zero-order valence-electron chi connectivity index (χ0n) is 11.3. The summed E-state index contributed by atoms with van der Waals surface area (Å²) in [5, 5.41) is 0. The van der Waals surface area contributed by atoms with Crippen molar-refractivity contribution in [2.75, 3.05) is 17.1 Å². The van der Waals surface area contributed by atoms with Crippen molar-refractivity contribution < 1.29 is 13.2 Å². The van der Waals surface area contributed by atoms with Crippen molar-refractivity contribution >= 4 is 37.3 Å². The maximum atomic E-state index is 12.4. The van der Waals surface area contributed by atoms with Gasteiger partial charge in [-0.15, -0.1) is 0 Å². The molecule has 0 fully saturated rings. The van der Waals surface area contributed by atoms with Gasteiger partial charge in [-0.1, -0.05) is 12.1 Å². The first-order chi connectivity index (χ1) is 9.94. The fraction of sp³-hybridized carbons (Fsp3) is 0.143. The van der Waals surface area contributed by atoms with Gasteiger partial charge in [-0.2, -0.15) is 0 Å². The minimum absolute atomic E-state index is 0.0921. The minimum atomic E-state index is -3.72. The summed E-state index contributed by atoms with van der Waals surface area (Å²) in [4.78, 5) is 0.0921. The third-order valence-corrected chi connectivity index (χ3v) is 4.79. The molecule has 0 saturated carbocycles. The van der Waals surface area contributed by atoms with E-state index in [0.29, 0.717) is 28.2 Å². The highest BCUT2D eigenvalue weighted by molar-refractivity contribution is 9.10. The highest BCUT2D eigenvalue weighted by Crippen LogP contribution is 2.28. The number of rotatable bonds is 5. The molecule has 0 radical (unpaired) electrons. The molecule has 0 aliphatic rings. The molecule has 7 heteroatoms. The second-order valence-corrected chi connectivity index (χ2v) is 6.75. The van der Waals surface area contributed by atoms with Gasteiger partial charge in [0.2, 0.25) is 0 Å². The summed E-state index contributed by atoms with van der Waals surface area (Å²) < 4.78 is 33.3. The van der Waals surface area contributed by atoms with Gasteiger partial charge < -0.3 is 10.5 Å². The highest BCUT2D eigenvalue weighted by atomic mass is 79.9. The molecule has 0 spiro atoms. The predicted molar refractivity (Wildman–Crippen MR) is 87.0 cm³/mol. The number of halogens is 1. The fourth-order valence-corrected chi connectivity index (χ4v) is 3.08. The highest BCUT2D eigenvalue weighted by Gasteiger charge is 2.17. The normalized spacial score (nSPS) is 11.1. The third kappa shape index (κ3) is 3.68. The first-order valence-electron chi connectivity index (χ1n) is 6.23. The second-order valence-electron chi connectivity index (χ2n) is 4.22. The van der Waals surface area contributed by atoms with E-state index < -0.39 is 10.0 Å². The van der Waals surface area contributed by atoms with Gasteiger partial charge in [-0.05, 0) is 53.2 Å². The fourth-order valence-electron chi connectivity index (χ4n) is 1.73. The zero-order valence-corrected chi connectivity index (χ0v) is 13.7. The van der Waals surface area contributed by atoms with Gasteiger partial charge in [0.05, 0.1) is 17.2 Å². The van der Waals surface area contributed by atoms with Crippen molar-refractivity contribution in [3.05, 3.63) is 46.9 Å². The molecule has 0 aliphatic carbocycles. The van der Waals surface area contributed by atoms with Crippen LogP contribution >= 0.6 is 15.9 Å². The molecule has 0 aliphatic heterocycles. The molecule has 0 bridgehead atoms. The van der Waals surface area contributed by atoms with Gasteiger partial charge in [0.15, 0.2) is 0 Å². The molecule has 5 nitrogen and oxygen atoms in total. The molecule has 0 heterocycles. The van der Waals surface area contributed by atoms with E-state index >= 15 is 0 Å². The van der Waals surface area contributed by atoms with Crippen molar-refractivity contribution in [1.29, 1.82) is 0 Å². The van der Waals surface area contributed by atoms with Gasteiger partial charge >= 0.3 is 0 Å². The average molecular weight is 371 g/mol. The Balaban J connectivity index is 2.35. The number of nitrogen functional groups attached to an aromatic ring is 1. The summed E-state index contributed by atoms with van der Waals surface area (Å²) >= 11 is 3.23. The van der Waals surface area contributed by atoms with Crippen molar-refractivity contribution in [2.24, 2.45) is 0 Å². The Hall–Kier alpha value is -1.73. The van der Waals surface area contributed by atoms with Crippen LogP contribution in [0.25, 0.3) is 0 Å². The standard InChI is InChI=1S/C14H15BrN2O3S/c1-2-20-14-6-4-3-5-13(14)17-21(18,19)10-7-8-11(15)12(16)9-10/h3-9,17H,2,16H2,1H3. The Bertz CT molecular complexity index is 748. The zero-order chi connectivity index (χ0) is 15.5. The maximum Gasteiger partial charge on any atom is 0.262 e. The second kappa shape index (κ2) is 6.36. The topological polar surface area (TPSA) is 81.4 Å². The quantitative estimate of drug-likeness (QED) is 0.791. The van der Waals surface area contributed by atoms with E-state index in [-0.39, 0.29) is 4.90 Å². The Kier molecular flexibility index (Phi) is 4.74. The molecule has 0 amide bonds. The summed E-state index contributed by atoms with van der Waals surface area (Å²) in [6.07, 6.45) is 0. The number of hydrogen-bond acceptors (Lipinski definition) is 4. The van der Waals surface area contributed by atoms with Crippen molar-refractivity contribution in [3.63, 3.8) is 0 Å². The average Bonchev–Trinajstić information content (AvgIpc) is 2.44. The number of benzene rings is 2. The lowest BCUT2D eigenvalue weighted by molar-refractivity contribution is 0.342. The number of sulfonamides is 1. The number of nitrogens with one attached hydrogen (secondary N) is 1. The van der Waals surface area contributed by atoms with Crippen LogP contribution in [0.4, 0.5) is 11.4 Å². The molecular formula is C14H15BrN2O3S. The first-order valence-corrected chi connectivity index (χ1v) is 8.51. The molecule has 0 saturated heterocycles. The molecule has 0 aromatic heterocycles. The van der Waals surface area contributed by atoms with Crippen LogP contribution in [0.5, 0.6) is 5.75 Å². The lowest BCUT2D eigenvalue weighted by Crippen LogP contribution is -2.14. The van der Waals surface area contributed by atoms with Crippen LogP contribution in [0, 0.1) is 0 Å². The van der Waals surface area contributed by atoms with Crippen LogP contribution < -0.4 is 15.2 Å². The summed E-state index contributed by atoms with van der Waals surface area (Å²) in [6.45, 7) is 2.28. The molecule has 2 rings (SSSR count). The number of anilines is 2. The Labute approximate surface area is 132 Å². The monoisotopic (exact) mass is 370 g/mol. The molecule has 3 N–H and O–H groups in total. The summed E-state index contributed by atoms with van der Waals surface area (Å²) in [7, 11) is -3.72. The van der Waals surface area contributed by atoms with E-state index in [1.54, 1.807) is 30.3 Å². The third-order valence-electron chi connectivity index (χ3n) is 2.71. The van der Waals surface area contributed by atoms with Crippen molar-refractivity contribution in [3.8, 4) is 5.75 Å². The van der Waals surface area contributed by atoms with Crippen LogP contribution in [0.15, 0.2) is 51.8 Å². The van der Waals surface area contributed by atoms with E-state index in [1.807, 2.05) is 6.92 Å². The Morgan fingerprint density at radius 1 is 1.24 bits per heavy atom. The van der Waals surface area contributed by atoms with Gasteiger partial charge in [0, 0.05) is 10.2 Å². The van der Waals surface area contributed by atoms with Crippen LogP contribution in [0.2, 0.25) is 0 Å². The van der Waals surface area contributed by atoms with Gasteiger partial charge in [-0.3, -0.25) is 4.72 Å². The number of para-hydroxylation sites is 2. The number of ether oxygens (including phenoxy) is 1. The van der Waals surface area contributed by atoms with E-state index in [2.05, 4.69) is 20.7 Å². The van der Waals surface area contributed by atoms with Gasteiger partial charge in [-0.25, -0.2) is 8.42 Å². The Morgan fingerprint density at radius 3 is 2.62 bits per heavy atom. The first kappa shape index (κ1) is 15.7. The molecule has 112 valence electrons. The number of hydrogen-bond donors (Lipinski definition) is 2. The largest absolute Gasteiger partial charge is 0.492 e. The molecule has 0 unspecified atom stereocenters. The van der Waals surface area contributed by atoms with Crippen LogP contribution in [-0.2, 0) is 10.0 Å². The van der Waals surface area contributed by atoms with Crippen molar-refractivity contribution in [2.45, 2.75) is 11.8 Å². The van der Waals surface area contributed by atoms with E-state index in [1.165, 1.54) is 12.1 Å². The molecule has 2 aromatic rings. The van der Waals surface area contributed by atoms with E-state index in [0.717, 1.165) is 0 Å². The molecule has 0 atom stereocenters. The predicted octanol–water partition coefficient (Wildman–Crippen LogP) is 3.23. The van der Waals surface area contributed by atoms with Crippen molar-refractivity contribution in [1.82, 2.24) is 0 Å². The van der Waals surface area contributed by atoms with E-state index in [9.17, 15) is 8.42 Å². The lowest BCUT2D eigenvalue weighted by Gasteiger charge is -2.13. The molecule has 21 heavy (non-hydrogen) atoms. The van der Waals surface area contributed by atoms with Crippen LogP contribution in [0.1, 0.15) is 6.92 Å². The van der Waals surface area contributed by atoms with E-state index in [4.69, 9.17) is 10.5 Å².